The molecule has 2 aromatic heterocycles. The van der Waals surface area contributed by atoms with Crippen LogP contribution in [0.15, 0.2) is 36.7 Å². The maximum absolute atomic E-state index is 12.3. The summed E-state index contributed by atoms with van der Waals surface area (Å²) in [5.74, 6) is -0.106. The first-order valence-corrected chi connectivity index (χ1v) is 8.17. The second-order valence-corrected chi connectivity index (χ2v) is 6.28. The largest absolute Gasteiger partial charge is 0.379 e. The Kier molecular flexibility index (Phi) is 3.82. The minimum atomic E-state index is -0.106. The number of ether oxygens (including phenoxy) is 1. The number of benzene rings is 1. The van der Waals surface area contributed by atoms with Gasteiger partial charge in [-0.25, -0.2) is 0 Å². The molecule has 2 N–H and O–H groups in total. The van der Waals surface area contributed by atoms with E-state index in [2.05, 4.69) is 27.5 Å². The van der Waals surface area contributed by atoms with Gasteiger partial charge in [0.1, 0.15) is 0 Å². The van der Waals surface area contributed by atoms with Crippen molar-refractivity contribution in [2.45, 2.75) is 25.9 Å². The van der Waals surface area contributed by atoms with E-state index in [1.807, 2.05) is 23.7 Å². The fourth-order valence-corrected chi connectivity index (χ4v) is 3.11. The van der Waals surface area contributed by atoms with Crippen LogP contribution in [0.25, 0.3) is 10.9 Å². The highest BCUT2D eigenvalue weighted by Gasteiger charge is 2.19. The number of aromatic amines is 1. The van der Waals surface area contributed by atoms with Gasteiger partial charge in [-0.1, -0.05) is 6.07 Å². The smallest absolute Gasteiger partial charge is 0.254 e. The number of carbonyl (C=O) groups is 1. The van der Waals surface area contributed by atoms with Crippen LogP contribution in [0.5, 0.6) is 0 Å². The Labute approximate surface area is 139 Å². The van der Waals surface area contributed by atoms with Gasteiger partial charge >= 0.3 is 0 Å². The zero-order valence-corrected chi connectivity index (χ0v) is 13.6. The molecule has 1 aromatic carbocycles. The predicted octanol–water partition coefficient (Wildman–Crippen LogP) is 2.56. The highest BCUT2D eigenvalue weighted by atomic mass is 16.5. The van der Waals surface area contributed by atoms with Gasteiger partial charge in [-0.15, -0.1) is 0 Å². The lowest BCUT2D eigenvalue weighted by molar-refractivity contribution is 0.0950. The molecule has 0 spiro atoms. The normalized spacial score (nSPS) is 17.5. The van der Waals surface area contributed by atoms with E-state index < -0.39 is 0 Å². The van der Waals surface area contributed by atoms with Crippen molar-refractivity contribution in [1.29, 1.82) is 0 Å². The molecule has 24 heavy (non-hydrogen) atoms. The van der Waals surface area contributed by atoms with Gasteiger partial charge < -0.3 is 15.0 Å². The van der Waals surface area contributed by atoms with Crippen LogP contribution in [-0.4, -0.2) is 33.9 Å². The molecule has 3 aromatic rings. The van der Waals surface area contributed by atoms with Gasteiger partial charge in [-0.3, -0.25) is 9.48 Å². The second kappa shape index (κ2) is 6.13. The van der Waals surface area contributed by atoms with Gasteiger partial charge in [0, 0.05) is 30.6 Å². The first-order valence-electron chi connectivity index (χ1n) is 8.17. The van der Waals surface area contributed by atoms with Crippen molar-refractivity contribution in [3.05, 3.63) is 53.5 Å². The SMILES string of the molecule is Cc1cc2cc(CNC(=O)c3cnn([C@@H]4CCOC4)c3)ccc2[nH]1. The van der Waals surface area contributed by atoms with E-state index in [-0.39, 0.29) is 11.9 Å². The highest BCUT2D eigenvalue weighted by molar-refractivity contribution is 5.93. The Morgan fingerprint density at radius 2 is 2.38 bits per heavy atom. The maximum Gasteiger partial charge on any atom is 0.254 e. The molecule has 1 saturated heterocycles. The van der Waals surface area contributed by atoms with Crippen LogP contribution in [0, 0.1) is 6.92 Å². The van der Waals surface area contributed by atoms with Crippen molar-refractivity contribution in [2.24, 2.45) is 0 Å². The number of amides is 1. The molecule has 4 rings (SSSR count). The first kappa shape index (κ1) is 15.0. The van der Waals surface area contributed by atoms with E-state index in [0.29, 0.717) is 18.7 Å². The molecule has 1 aliphatic heterocycles. The highest BCUT2D eigenvalue weighted by Crippen LogP contribution is 2.19. The van der Waals surface area contributed by atoms with Crippen molar-refractivity contribution in [1.82, 2.24) is 20.1 Å². The standard InChI is InChI=1S/C18H20N4O2/c1-12-6-14-7-13(2-3-17(14)21-12)8-19-18(23)15-9-20-22(10-15)16-4-5-24-11-16/h2-3,6-7,9-10,16,21H,4-5,8,11H2,1H3,(H,19,23)/t16-/m1/s1. The van der Waals surface area contributed by atoms with Gasteiger partial charge in [-0.2, -0.15) is 5.10 Å². The van der Waals surface area contributed by atoms with Gasteiger partial charge in [0.25, 0.3) is 5.91 Å². The molecule has 0 aliphatic carbocycles. The summed E-state index contributed by atoms with van der Waals surface area (Å²) in [6.07, 6.45) is 4.36. The van der Waals surface area contributed by atoms with Gasteiger partial charge in [0.15, 0.2) is 0 Å². The Bertz CT molecular complexity index is 874. The van der Waals surface area contributed by atoms with E-state index in [1.165, 1.54) is 0 Å². The van der Waals surface area contributed by atoms with E-state index in [0.717, 1.165) is 35.2 Å². The molecular formula is C18H20N4O2. The van der Waals surface area contributed by atoms with Crippen LogP contribution in [0.4, 0.5) is 0 Å². The molecule has 6 nitrogen and oxygen atoms in total. The van der Waals surface area contributed by atoms with Crippen LogP contribution in [0.3, 0.4) is 0 Å². The number of hydrogen-bond acceptors (Lipinski definition) is 3. The average Bonchev–Trinajstić information content (AvgIpc) is 3.30. The third-order valence-electron chi connectivity index (χ3n) is 4.42. The maximum atomic E-state index is 12.3. The number of nitrogens with zero attached hydrogens (tertiary/aromatic N) is 2. The molecule has 0 unspecified atom stereocenters. The van der Waals surface area contributed by atoms with Crippen molar-refractivity contribution >= 4 is 16.8 Å². The fourth-order valence-electron chi connectivity index (χ4n) is 3.11. The Balaban J connectivity index is 1.41. The summed E-state index contributed by atoms with van der Waals surface area (Å²) in [7, 11) is 0. The van der Waals surface area contributed by atoms with E-state index in [4.69, 9.17) is 4.74 Å². The molecule has 0 radical (unpaired) electrons. The molecule has 1 amide bonds. The number of nitrogens with one attached hydrogen (secondary N) is 2. The van der Waals surface area contributed by atoms with Crippen molar-refractivity contribution < 1.29 is 9.53 Å². The zero-order valence-electron chi connectivity index (χ0n) is 13.6. The molecule has 1 aliphatic rings. The van der Waals surface area contributed by atoms with Gasteiger partial charge in [0.2, 0.25) is 0 Å². The second-order valence-electron chi connectivity index (χ2n) is 6.28. The summed E-state index contributed by atoms with van der Waals surface area (Å²) in [6, 6.07) is 8.51. The van der Waals surface area contributed by atoms with Crippen molar-refractivity contribution in [3.8, 4) is 0 Å². The molecular weight excluding hydrogens is 304 g/mol. The number of H-pyrrole nitrogens is 1. The van der Waals surface area contributed by atoms with Gasteiger partial charge in [0.05, 0.1) is 24.4 Å². The Morgan fingerprint density at radius 3 is 3.21 bits per heavy atom. The van der Waals surface area contributed by atoms with Crippen LogP contribution >= 0.6 is 0 Å². The molecule has 0 saturated carbocycles. The minimum Gasteiger partial charge on any atom is -0.379 e. The zero-order chi connectivity index (χ0) is 16.5. The quantitative estimate of drug-likeness (QED) is 0.775. The lowest BCUT2D eigenvalue weighted by Gasteiger charge is -2.07. The summed E-state index contributed by atoms with van der Waals surface area (Å²) in [4.78, 5) is 15.6. The topological polar surface area (TPSA) is 71.9 Å². The molecule has 3 heterocycles. The Morgan fingerprint density at radius 1 is 1.46 bits per heavy atom. The molecule has 0 bridgehead atoms. The summed E-state index contributed by atoms with van der Waals surface area (Å²) in [6.45, 7) is 3.96. The number of hydrogen-bond donors (Lipinski definition) is 2. The van der Waals surface area contributed by atoms with Crippen LogP contribution in [0.2, 0.25) is 0 Å². The monoisotopic (exact) mass is 324 g/mol. The van der Waals surface area contributed by atoms with Crippen LogP contribution in [-0.2, 0) is 11.3 Å². The summed E-state index contributed by atoms with van der Waals surface area (Å²) in [5, 5.41) is 8.41. The first-order chi connectivity index (χ1) is 11.7. The average molecular weight is 324 g/mol. The lowest BCUT2D eigenvalue weighted by atomic mass is 10.1. The third-order valence-corrected chi connectivity index (χ3v) is 4.42. The fraction of sp³-hybridized carbons (Fsp3) is 0.333. The van der Waals surface area contributed by atoms with E-state index >= 15 is 0 Å². The molecule has 124 valence electrons. The third kappa shape index (κ3) is 2.92. The van der Waals surface area contributed by atoms with E-state index in [9.17, 15) is 4.79 Å². The Hall–Kier alpha value is -2.60. The lowest BCUT2D eigenvalue weighted by Crippen LogP contribution is -2.22. The number of aromatic nitrogens is 3. The van der Waals surface area contributed by atoms with Crippen molar-refractivity contribution in [2.75, 3.05) is 13.2 Å². The predicted molar refractivity (Wildman–Crippen MR) is 90.9 cm³/mol. The summed E-state index contributed by atoms with van der Waals surface area (Å²) in [5.41, 5.74) is 3.91. The minimum absolute atomic E-state index is 0.106. The molecule has 1 atom stereocenters. The summed E-state index contributed by atoms with van der Waals surface area (Å²) >= 11 is 0. The van der Waals surface area contributed by atoms with E-state index in [1.54, 1.807) is 12.4 Å². The van der Waals surface area contributed by atoms with Gasteiger partial charge in [-0.05, 0) is 42.5 Å². The van der Waals surface area contributed by atoms with Crippen molar-refractivity contribution in [3.63, 3.8) is 0 Å². The number of rotatable bonds is 4. The summed E-state index contributed by atoms with van der Waals surface area (Å²) < 4.78 is 7.19. The molecule has 6 heteroatoms. The molecule has 1 fully saturated rings. The number of aryl methyl sites for hydroxylation is 1. The number of fused-ring (bicyclic) bond motifs is 1. The van der Waals surface area contributed by atoms with Crippen LogP contribution in [0.1, 0.15) is 34.1 Å². The van der Waals surface area contributed by atoms with Crippen LogP contribution < -0.4 is 5.32 Å². The number of carbonyl (C=O) groups excluding carboxylic acids is 1.